The first kappa shape index (κ1) is 28.8. The number of aromatic amines is 1. The van der Waals surface area contributed by atoms with E-state index in [1.165, 1.54) is 6.07 Å². The number of carbonyl (C=O) groups excluding carboxylic acids is 1. The average Bonchev–Trinajstić information content (AvgIpc) is 4.02. The summed E-state index contributed by atoms with van der Waals surface area (Å²) in [7, 11) is 0. The van der Waals surface area contributed by atoms with Crippen LogP contribution in [0, 0.1) is 5.92 Å². The van der Waals surface area contributed by atoms with Crippen molar-refractivity contribution in [3.8, 4) is 16.8 Å². The van der Waals surface area contributed by atoms with Gasteiger partial charge in [0, 0.05) is 41.8 Å². The van der Waals surface area contributed by atoms with Gasteiger partial charge in [-0.3, -0.25) is 19.2 Å². The molecule has 6 aromatic rings. The second kappa shape index (κ2) is 11.9. The lowest BCUT2D eigenvalue weighted by Crippen LogP contribution is -2.31. The third kappa shape index (κ3) is 5.92. The number of pyridine rings is 4. The third-order valence-corrected chi connectivity index (χ3v) is 8.32. The van der Waals surface area contributed by atoms with Crippen molar-refractivity contribution in [3.05, 3.63) is 135 Å². The smallest absolute Gasteiger partial charge is 0.307 e. The van der Waals surface area contributed by atoms with Crippen LogP contribution in [0.25, 0.3) is 38.9 Å². The molecule has 4 heterocycles. The van der Waals surface area contributed by atoms with E-state index in [1.54, 1.807) is 41.4 Å². The number of carboxylic acids is 1. The van der Waals surface area contributed by atoms with E-state index in [4.69, 9.17) is 0 Å². The Morgan fingerprint density at radius 2 is 1.65 bits per heavy atom. The van der Waals surface area contributed by atoms with Crippen molar-refractivity contribution in [2.75, 3.05) is 0 Å². The topological polar surface area (TPSA) is 147 Å². The van der Waals surface area contributed by atoms with Gasteiger partial charge in [-0.1, -0.05) is 36.4 Å². The highest BCUT2D eigenvalue weighted by atomic mass is 16.4. The lowest BCUT2D eigenvalue weighted by Gasteiger charge is -2.14. The van der Waals surface area contributed by atoms with Gasteiger partial charge in [-0.15, -0.1) is 0 Å². The van der Waals surface area contributed by atoms with Gasteiger partial charge in [0.15, 0.2) is 0 Å². The number of nitrogens with zero attached hydrogens (tertiary/aromatic N) is 3. The molecule has 228 valence electrons. The molecule has 2 aromatic carbocycles. The number of H-pyrrole nitrogens is 1. The summed E-state index contributed by atoms with van der Waals surface area (Å²) in [5.74, 6) is -1.29. The predicted octanol–water partition coefficient (Wildman–Crippen LogP) is 5.06. The fraction of sp³-hybridized carbons (Fsp3) is 0.167. The lowest BCUT2D eigenvalue weighted by molar-refractivity contribution is -0.138. The Hall–Kier alpha value is -5.90. The van der Waals surface area contributed by atoms with E-state index in [2.05, 4.69) is 20.3 Å². The molecule has 0 bridgehead atoms. The van der Waals surface area contributed by atoms with Crippen molar-refractivity contribution in [2.45, 2.75) is 31.2 Å². The molecular formula is C36H29N5O5. The number of carboxylic acid groups (broad SMARTS) is 1. The maximum Gasteiger partial charge on any atom is 0.307 e. The van der Waals surface area contributed by atoms with Crippen molar-refractivity contribution < 1.29 is 14.7 Å². The van der Waals surface area contributed by atoms with Gasteiger partial charge >= 0.3 is 5.97 Å². The van der Waals surface area contributed by atoms with E-state index >= 15 is 0 Å². The van der Waals surface area contributed by atoms with Gasteiger partial charge in [-0.2, -0.15) is 0 Å². The Morgan fingerprint density at radius 1 is 0.870 bits per heavy atom. The molecule has 0 radical (unpaired) electrons. The van der Waals surface area contributed by atoms with E-state index < -0.39 is 5.97 Å². The SMILES string of the molecule is O=C(NC1CC1)c1cn(-c2cccc(-c3ccc([C@@H]4C[C@H]4C(=O)O)cc3)c2)c2ncccc2c1=O.O=c1ccc2cccnc2[nH]1. The lowest BCUT2D eigenvalue weighted by atomic mass is 10.0. The van der Waals surface area contributed by atoms with Crippen molar-refractivity contribution in [3.63, 3.8) is 0 Å². The van der Waals surface area contributed by atoms with Crippen LogP contribution >= 0.6 is 0 Å². The molecule has 2 atom stereocenters. The minimum Gasteiger partial charge on any atom is -0.481 e. The normalized spacial score (nSPS) is 16.8. The standard InChI is InChI=1S/C28H23N3O4.C8H6N2O/c32-25-21-5-2-12-29-26(21)31(15-24(25)27(33)30-19-10-11-19)20-4-1-3-18(13-20)16-6-8-17(9-7-16)22-14-23(22)28(34)35;11-7-4-3-6-2-1-5-9-8(6)10-7/h1-9,12-13,15,19,22-23H,10-11,14H2,(H,30,33)(H,34,35);1-5H,(H,9,10,11)/t22-,23+;/m0./s1. The second-order valence-corrected chi connectivity index (χ2v) is 11.6. The molecule has 0 saturated heterocycles. The molecule has 8 rings (SSSR count). The summed E-state index contributed by atoms with van der Waals surface area (Å²) in [5.41, 5.74) is 4.57. The van der Waals surface area contributed by atoms with Gasteiger partial charge in [0.05, 0.1) is 11.3 Å². The number of benzene rings is 2. The molecule has 10 heteroatoms. The molecule has 2 fully saturated rings. The molecule has 0 aliphatic heterocycles. The predicted molar refractivity (Wildman–Crippen MR) is 174 cm³/mol. The minimum absolute atomic E-state index is 0.0895. The monoisotopic (exact) mass is 611 g/mol. The number of amides is 1. The minimum atomic E-state index is -0.737. The summed E-state index contributed by atoms with van der Waals surface area (Å²) < 4.78 is 1.79. The van der Waals surface area contributed by atoms with Gasteiger partial charge in [0.1, 0.15) is 16.9 Å². The summed E-state index contributed by atoms with van der Waals surface area (Å²) in [6, 6.07) is 26.3. The van der Waals surface area contributed by atoms with Crippen LogP contribution in [0.2, 0.25) is 0 Å². The Kier molecular flexibility index (Phi) is 7.45. The number of hydrogen-bond donors (Lipinski definition) is 3. The van der Waals surface area contributed by atoms with Crippen LogP contribution in [0.5, 0.6) is 0 Å². The van der Waals surface area contributed by atoms with Crippen molar-refractivity contribution >= 4 is 33.9 Å². The zero-order valence-corrected chi connectivity index (χ0v) is 24.6. The third-order valence-electron chi connectivity index (χ3n) is 8.32. The first-order chi connectivity index (χ1) is 22.4. The Labute approximate surface area is 262 Å². The molecule has 3 N–H and O–H groups in total. The van der Waals surface area contributed by atoms with E-state index in [9.17, 15) is 24.3 Å². The van der Waals surface area contributed by atoms with Gasteiger partial charge < -0.3 is 20.0 Å². The molecule has 10 nitrogen and oxygen atoms in total. The van der Waals surface area contributed by atoms with Crippen molar-refractivity contribution in [1.82, 2.24) is 24.8 Å². The van der Waals surface area contributed by atoms with Crippen LogP contribution in [0.3, 0.4) is 0 Å². The van der Waals surface area contributed by atoms with Crippen molar-refractivity contribution in [2.24, 2.45) is 5.92 Å². The zero-order valence-electron chi connectivity index (χ0n) is 24.6. The number of hydrogen-bond acceptors (Lipinski definition) is 6. The number of carbonyl (C=O) groups is 2. The fourth-order valence-corrected chi connectivity index (χ4v) is 5.58. The molecular weight excluding hydrogens is 582 g/mol. The zero-order chi connectivity index (χ0) is 31.8. The molecule has 2 aliphatic rings. The number of rotatable bonds is 6. The number of aliphatic carboxylic acids is 1. The largest absolute Gasteiger partial charge is 0.481 e. The highest BCUT2D eigenvalue weighted by molar-refractivity contribution is 5.97. The summed E-state index contributed by atoms with van der Waals surface area (Å²) in [6.45, 7) is 0. The molecule has 2 saturated carbocycles. The summed E-state index contributed by atoms with van der Waals surface area (Å²) >= 11 is 0. The summed E-state index contributed by atoms with van der Waals surface area (Å²) in [5, 5.41) is 13.5. The van der Waals surface area contributed by atoms with Crippen LogP contribution in [-0.2, 0) is 4.79 Å². The van der Waals surface area contributed by atoms with E-state index in [1.807, 2.05) is 60.7 Å². The number of aromatic nitrogens is 4. The molecule has 4 aromatic heterocycles. The quantitative estimate of drug-likeness (QED) is 0.239. The van der Waals surface area contributed by atoms with Gasteiger partial charge in [-0.05, 0) is 84.3 Å². The average molecular weight is 612 g/mol. The van der Waals surface area contributed by atoms with Crippen LogP contribution < -0.4 is 16.3 Å². The first-order valence-corrected chi connectivity index (χ1v) is 15.0. The Morgan fingerprint density at radius 3 is 2.41 bits per heavy atom. The molecule has 2 aliphatic carbocycles. The van der Waals surface area contributed by atoms with Gasteiger partial charge in [0.25, 0.3) is 5.91 Å². The first-order valence-electron chi connectivity index (χ1n) is 15.0. The molecule has 1 amide bonds. The van der Waals surface area contributed by atoms with E-state index in [-0.39, 0.29) is 40.3 Å². The highest BCUT2D eigenvalue weighted by Crippen LogP contribution is 2.47. The Bertz CT molecular complexity index is 2240. The number of fused-ring (bicyclic) bond motifs is 2. The highest BCUT2D eigenvalue weighted by Gasteiger charge is 2.44. The molecule has 0 spiro atoms. The summed E-state index contributed by atoms with van der Waals surface area (Å²) in [6.07, 6.45) is 7.43. The van der Waals surface area contributed by atoms with Crippen molar-refractivity contribution in [1.29, 1.82) is 0 Å². The van der Waals surface area contributed by atoms with E-state index in [0.717, 1.165) is 40.6 Å². The molecule has 46 heavy (non-hydrogen) atoms. The maximum absolute atomic E-state index is 13.1. The van der Waals surface area contributed by atoms with Crippen LogP contribution in [0.1, 0.15) is 41.1 Å². The van der Waals surface area contributed by atoms with Gasteiger partial charge in [0.2, 0.25) is 11.0 Å². The maximum atomic E-state index is 13.1. The number of nitrogens with one attached hydrogen (secondary N) is 2. The van der Waals surface area contributed by atoms with Crippen LogP contribution in [-0.4, -0.2) is 42.5 Å². The fourth-order valence-electron chi connectivity index (χ4n) is 5.58. The van der Waals surface area contributed by atoms with Crippen LogP contribution in [0.4, 0.5) is 0 Å². The summed E-state index contributed by atoms with van der Waals surface area (Å²) in [4.78, 5) is 58.9. The van der Waals surface area contributed by atoms with Gasteiger partial charge in [-0.25, -0.2) is 9.97 Å². The Balaban J connectivity index is 0.000000259. The van der Waals surface area contributed by atoms with Crippen LogP contribution in [0.15, 0.2) is 113 Å². The van der Waals surface area contributed by atoms with E-state index in [0.29, 0.717) is 23.1 Å². The second-order valence-electron chi connectivity index (χ2n) is 11.6. The molecule has 0 unspecified atom stereocenters.